The molecule has 0 saturated heterocycles. The lowest BCUT2D eigenvalue weighted by atomic mass is 10.3. The molecule has 100 valence electrons. The molecule has 0 fully saturated rings. The second-order valence-electron chi connectivity index (χ2n) is 3.54. The molecule has 1 aromatic heterocycles. The summed E-state index contributed by atoms with van der Waals surface area (Å²) in [4.78, 5) is 8.04. The van der Waals surface area contributed by atoms with E-state index < -0.39 is 0 Å². The van der Waals surface area contributed by atoms with Crippen LogP contribution in [0.5, 0.6) is 23.1 Å². The molecule has 7 heteroatoms. The maximum absolute atomic E-state index is 5.58. The van der Waals surface area contributed by atoms with E-state index in [2.05, 4.69) is 15.4 Å². The van der Waals surface area contributed by atoms with E-state index >= 15 is 0 Å². The summed E-state index contributed by atoms with van der Waals surface area (Å²) in [6.07, 6.45) is 2.96. The highest BCUT2D eigenvalue weighted by molar-refractivity contribution is 5.43. The Bertz CT molecular complexity index is 540. The molecular weight excluding hydrogens is 248 g/mol. The van der Waals surface area contributed by atoms with Crippen LogP contribution in [-0.2, 0) is 0 Å². The first-order valence-electron chi connectivity index (χ1n) is 5.44. The zero-order valence-corrected chi connectivity index (χ0v) is 10.6. The van der Waals surface area contributed by atoms with E-state index in [-0.39, 0.29) is 0 Å². The predicted octanol–water partition coefficient (Wildman–Crippen LogP) is 1.57. The summed E-state index contributed by atoms with van der Waals surface area (Å²) in [5.41, 5.74) is 2.40. The van der Waals surface area contributed by atoms with Gasteiger partial charge in [0, 0.05) is 18.2 Å². The van der Waals surface area contributed by atoms with Gasteiger partial charge >= 0.3 is 0 Å². The maximum Gasteiger partial charge on any atom is 0.239 e. The molecular formula is C12H14N4O3. The van der Waals surface area contributed by atoms with Crippen molar-refractivity contribution < 1.29 is 14.2 Å². The van der Waals surface area contributed by atoms with Gasteiger partial charge in [-0.15, -0.1) is 0 Å². The molecule has 0 atom stereocenters. The number of hydrogen-bond donors (Lipinski definition) is 2. The van der Waals surface area contributed by atoms with Crippen molar-refractivity contribution in [3.8, 4) is 23.1 Å². The number of anilines is 1. The molecule has 19 heavy (non-hydrogen) atoms. The number of nitrogens with one attached hydrogen (secondary N) is 1. The van der Waals surface area contributed by atoms with Crippen LogP contribution >= 0.6 is 0 Å². The number of aromatic nitrogens is 2. The maximum atomic E-state index is 5.58. The number of hydrazine groups is 1. The molecule has 0 amide bonds. The van der Waals surface area contributed by atoms with E-state index in [4.69, 9.17) is 20.1 Å². The average molecular weight is 262 g/mol. The number of nitrogens with zero attached hydrogens (tertiary/aromatic N) is 2. The van der Waals surface area contributed by atoms with E-state index in [0.29, 0.717) is 28.9 Å². The average Bonchev–Trinajstić information content (AvgIpc) is 2.47. The Morgan fingerprint density at radius 3 is 2.21 bits per heavy atom. The fraction of sp³-hybridized carbons (Fsp3) is 0.167. The van der Waals surface area contributed by atoms with Gasteiger partial charge in [0.25, 0.3) is 0 Å². The third-order valence-electron chi connectivity index (χ3n) is 2.31. The van der Waals surface area contributed by atoms with Crippen molar-refractivity contribution in [2.75, 3.05) is 19.6 Å². The smallest absolute Gasteiger partial charge is 0.239 e. The second kappa shape index (κ2) is 5.87. The van der Waals surface area contributed by atoms with Crippen LogP contribution in [0.3, 0.4) is 0 Å². The van der Waals surface area contributed by atoms with Crippen LogP contribution in [0.15, 0.2) is 30.6 Å². The third kappa shape index (κ3) is 3.23. The zero-order valence-electron chi connectivity index (χ0n) is 10.6. The number of rotatable bonds is 5. The highest BCUT2D eigenvalue weighted by Gasteiger charge is 2.05. The lowest BCUT2D eigenvalue weighted by molar-refractivity contribution is 0.385. The SMILES string of the molecule is COc1cc(OC)cc(Oc2cncc(NN)n2)c1. The molecule has 2 rings (SSSR count). The first kappa shape index (κ1) is 12.9. The van der Waals surface area contributed by atoms with Gasteiger partial charge in [-0.2, -0.15) is 4.98 Å². The van der Waals surface area contributed by atoms with Crippen LogP contribution in [0.2, 0.25) is 0 Å². The fourth-order valence-electron chi connectivity index (χ4n) is 1.43. The number of ether oxygens (including phenoxy) is 3. The van der Waals surface area contributed by atoms with Gasteiger partial charge in [-0.25, -0.2) is 5.84 Å². The molecule has 1 aromatic carbocycles. The lowest BCUT2D eigenvalue weighted by Crippen LogP contribution is -2.09. The highest BCUT2D eigenvalue weighted by Crippen LogP contribution is 2.30. The van der Waals surface area contributed by atoms with Crippen molar-refractivity contribution >= 4 is 5.82 Å². The molecule has 0 spiro atoms. The van der Waals surface area contributed by atoms with Crippen molar-refractivity contribution in [3.05, 3.63) is 30.6 Å². The van der Waals surface area contributed by atoms with Crippen LogP contribution in [-0.4, -0.2) is 24.2 Å². The Balaban J connectivity index is 2.26. The van der Waals surface area contributed by atoms with Gasteiger partial charge in [0.05, 0.1) is 26.6 Å². The summed E-state index contributed by atoms with van der Waals surface area (Å²) in [6, 6.07) is 5.18. The number of nitrogens with two attached hydrogens (primary N) is 1. The van der Waals surface area contributed by atoms with Crippen LogP contribution in [0.1, 0.15) is 0 Å². The van der Waals surface area contributed by atoms with Crippen molar-refractivity contribution in [2.24, 2.45) is 5.84 Å². The first-order chi connectivity index (χ1) is 9.25. The molecule has 1 heterocycles. The molecule has 0 aliphatic carbocycles. The normalized spacial score (nSPS) is 9.84. The summed E-state index contributed by atoms with van der Waals surface area (Å²) in [5, 5.41) is 0. The lowest BCUT2D eigenvalue weighted by Gasteiger charge is -2.09. The van der Waals surface area contributed by atoms with Gasteiger partial charge in [-0.1, -0.05) is 0 Å². The number of methoxy groups -OCH3 is 2. The predicted molar refractivity (Wildman–Crippen MR) is 69.5 cm³/mol. The van der Waals surface area contributed by atoms with Crippen molar-refractivity contribution in [2.45, 2.75) is 0 Å². The third-order valence-corrected chi connectivity index (χ3v) is 2.31. The molecule has 0 radical (unpaired) electrons. The van der Waals surface area contributed by atoms with E-state index in [0.717, 1.165) is 0 Å². The summed E-state index contributed by atoms with van der Waals surface area (Å²) in [5.74, 6) is 7.74. The van der Waals surface area contributed by atoms with Gasteiger partial charge in [0.1, 0.15) is 17.2 Å². The van der Waals surface area contributed by atoms with Gasteiger partial charge in [-0.3, -0.25) is 4.98 Å². The quantitative estimate of drug-likeness (QED) is 0.624. The standard InChI is InChI=1S/C12H14N4O3/c1-17-8-3-9(18-2)5-10(4-8)19-12-7-14-6-11(15-12)16-13/h3-7H,13H2,1-2H3,(H,15,16). The van der Waals surface area contributed by atoms with E-state index in [1.165, 1.54) is 12.4 Å². The van der Waals surface area contributed by atoms with Crippen molar-refractivity contribution in [1.29, 1.82) is 0 Å². The van der Waals surface area contributed by atoms with Crippen molar-refractivity contribution in [1.82, 2.24) is 9.97 Å². The van der Waals surface area contributed by atoms with E-state index in [1.54, 1.807) is 32.4 Å². The van der Waals surface area contributed by atoms with Crippen LogP contribution in [0.4, 0.5) is 5.82 Å². The second-order valence-corrected chi connectivity index (χ2v) is 3.54. The van der Waals surface area contributed by atoms with Crippen LogP contribution in [0.25, 0.3) is 0 Å². The monoisotopic (exact) mass is 262 g/mol. The molecule has 0 bridgehead atoms. The highest BCUT2D eigenvalue weighted by atomic mass is 16.5. The fourth-order valence-corrected chi connectivity index (χ4v) is 1.43. The first-order valence-corrected chi connectivity index (χ1v) is 5.44. The number of benzene rings is 1. The van der Waals surface area contributed by atoms with Crippen molar-refractivity contribution in [3.63, 3.8) is 0 Å². The largest absolute Gasteiger partial charge is 0.496 e. The minimum Gasteiger partial charge on any atom is -0.496 e. The Morgan fingerprint density at radius 2 is 1.63 bits per heavy atom. The summed E-state index contributed by atoms with van der Waals surface area (Å²) < 4.78 is 15.9. The Hall–Kier alpha value is -2.54. The van der Waals surface area contributed by atoms with E-state index in [1.807, 2.05) is 0 Å². The Labute approximate surface area is 110 Å². The Morgan fingerprint density at radius 1 is 1.00 bits per heavy atom. The molecule has 3 N–H and O–H groups in total. The molecule has 0 aliphatic heterocycles. The van der Waals surface area contributed by atoms with Crippen LogP contribution < -0.4 is 25.5 Å². The Kier molecular flexibility index (Phi) is 3.99. The van der Waals surface area contributed by atoms with Gasteiger partial charge < -0.3 is 19.6 Å². The number of nitrogen functional groups attached to an aromatic ring is 1. The van der Waals surface area contributed by atoms with Gasteiger partial charge in [-0.05, 0) is 0 Å². The summed E-state index contributed by atoms with van der Waals surface area (Å²) >= 11 is 0. The van der Waals surface area contributed by atoms with Crippen LogP contribution in [0, 0.1) is 0 Å². The molecule has 0 aliphatic rings. The van der Waals surface area contributed by atoms with Gasteiger partial charge in [0.15, 0.2) is 5.82 Å². The summed E-state index contributed by atoms with van der Waals surface area (Å²) in [7, 11) is 3.13. The topological polar surface area (TPSA) is 91.5 Å². The molecule has 0 unspecified atom stereocenters. The number of hydrogen-bond acceptors (Lipinski definition) is 7. The van der Waals surface area contributed by atoms with Gasteiger partial charge in [0.2, 0.25) is 5.88 Å². The molecule has 2 aromatic rings. The van der Waals surface area contributed by atoms with E-state index in [9.17, 15) is 0 Å². The summed E-state index contributed by atoms with van der Waals surface area (Å²) in [6.45, 7) is 0. The zero-order chi connectivity index (χ0) is 13.7. The molecule has 7 nitrogen and oxygen atoms in total. The minimum absolute atomic E-state index is 0.311. The molecule has 0 saturated carbocycles. The minimum atomic E-state index is 0.311.